The lowest BCUT2D eigenvalue weighted by molar-refractivity contribution is -0.141. The van der Waals surface area contributed by atoms with Gasteiger partial charge in [0.2, 0.25) is 0 Å². The molecule has 1 N–H and O–H groups in total. The van der Waals surface area contributed by atoms with Gasteiger partial charge in [-0.15, -0.1) is 0 Å². The summed E-state index contributed by atoms with van der Waals surface area (Å²) in [7, 11) is 2.89. The van der Waals surface area contributed by atoms with E-state index < -0.39 is 12.0 Å². The van der Waals surface area contributed by atoms with Crippen molar-refractivity contribution in [2.45, 2.75) is 12.5 Å². The molecule has 132 valence electrons. The summed E-state index contributed by atoms with van der Waals surface area (Å²) in [6.07, 6.45) is 0.0196. The number of hydrogen-bond donors (Lipinski definition) is 1. The van der Waals surface area contributed by atoms with Crippen molar-refractivity contribution in [1.29, 1.82) is 0 Å². The molecule has 0 aliphatic heterocycles. The largest absolute Gasteiger partial charge is 0.497 e. The van der Waals surface area contributed by atoms with Crippen molar-refractivity contribution in [2.75, 3.05) is 14.2 Å². The molecule has 0 fully saturated rings. The Labute approximate surface area is 164 Å². The van der Waals surface area contributed by atoms with E-state index in [0.717, 1.165) is 9.13 Å². The molecule has 7 heteroatoms. The van der Waals surface area contributed by atoms with E-state index in [-0.39, 0.29) is 12.3 Å². The number of halogens is 2. The second-order valence-electron chi connectivity index (χ2n) is 5.20. The number of esters is 1. The maximum absolute atomic E-state index is 12.6. The summed E-state index contributed by atoms with van der Waals surface area (Å²) < 4.78 is 10.6. The van der Waals surface area contributed by atoms with Crippen LogP contribution in [0.15, 0.2) is 42.5 Å². The Morgan fingerprint density at radius 2 is 1.84 bits per heavy atom. The smallest absolute Gasteiger partial charge is 0.307 e. The Hall–Kier alpha value is -1.80. The van der Waals surface area contributed by atoms with Crippen LogP contribution in [0.5, 0.6) is 5.75 Å². The summed E-state index contributed by atoms with van der Waals surface area (Å²) in [6, 6.07) is 11.7. The van der Waals surface area contributed by atoms with E-state index in [0.29, 0.717) is 16.3 Å². The van der Waals surface area contributed by atoms with E-state index in [1.54, 1.807) is 49.6 Å². The van der Waals surface area contributed by atoms with Crippen molar-refractivity contribution < 1.29 is 19.1 Å². The fourth-order valence-electron chi connectivity index (χ4n) is 2.25. The zero-order chi connectivity index (χ0) is 18.4. The number of rotatable bonds is 6. The maximum Gasteiger partial charge on any atom is 0.307 e. The van der Waals surface area contributed by atoms with Gasteiger partial charge in [-0.05, 0) is 58.5 Å². The van der Waals surface area contributed by atoms with Crippen molar-refractivity contribution in [2.24, 2.45) is 0 Å². The average Bonchev–Trinajstić information content (AvgIpc) is 2.63. The minimum absolute atomic E-state index is 0.0196. The molecule has 1 unspecified atom stereocenters. The lowest BCUT2D eigenvalue weighted by Gasteiger charge is -2.19. The predicted molar refractivity (Wildman–Crippen MR) is 104 cm³/mol. The zero-order valence-corrected chi connectivity index (χ0v) is 16.6. The number of carbonyl (C=O) groups is 2. The van der Waals surface area contributed by atoms with Gasteiger partial charge < -0.3 is 14.8 Å². The van der Waals surface area contributed by atoms with Gasteiger partial charge in [-0.1, -0.05) is 23.7 Å². The number of ether oxygens (including phenoxy) is 2. The van der Waals surface area contributed by atoms with E-state index in [9.17, 15) is 9.59 Å². The Morgan fingerprint density at radius 1 is 1.16 bits per heavy atom. The molecule has 1 atom stereocenters. The van der Waals surface area contributed by atoms with Gasteiger partial charge in [-0.2, -0.15) is 0 Å². The van der Waals surface area contributed by atoms with Crippen molar-refractivity contribution in [1.82, 2.24) is 5.32 Å². The fourth-order valence-corrected chi connectivity index (χ4v) is 3.00. The van der Waals surface area contributed by atoms with Crippen molar-refractivity contribution >= 4 is 46.1 Å². The van der Waals surface area contributed by atoms with Crippen LogP contribution in [0.2, 0.25) is 5.02 Å². The highest BCUT2D eigenvalue weighted by Gasteiger charge is 2.21. The SMILES string of the molecule is COC(=O)CC(NC(=O)c1cc(Cl)ccc1I)c1ccc(OC)cc1. The lowest BCUT2D eigenvalue weighted by Crippen LogP contribution is -2.31. The molecule has 5 nitrogen and oxygen atoms in total. The Balaban J connectivity index is 2.27. The van der Waals surface area contributed by atoms with Crippen LogP contribution in [-0.2, 0) is 9.53 Å². The van der Waals surface area contributed by atoms with Gasteiger partial charge in [0.05, 0.1) is 32.2 Å². The topological polar surface area (TPSA) is 64.6 Å². The summed E-state index contributed by atoms with van der Waals surface area (Å²) in [6.45, 7) is 0. The van der Waals surface area contributed by atoms with Crippen LogP contribution in [0.3, 0.4) is 0 Å². The molecule has 25 heavy (non-hydrogen) atoms. The number of nitrogens with one attached hydrogen (secondary N) is 1. The van der Waals surface area contributed by atoms with Gasteiger partial charge in [0.15, 0.2) is 0 Å². The first-order valence-corrected chi connectivity index (χ1v) is 8.87. The average molecular weight is 474 g/mol. The summed E-state index contributed by atoms with van der Waals surface area (Å²) >= 11 is 8.05. The van der Waals surface area contributed by atoms with Crippen LogP contribution in [-0.4, -0.2) is 26.1 Å². The second-order valence-corrected chi connectivity index (χ2v) is 6.80. The number of amides is 1. The zero-order valence-electron chi connectivity index (χ0n) is 13.7. The number of methoxy groups -OCH3 is 2. The molecule has 2 rings (SSSR count). The van der Waals surface area contributed by atoms with Crippen molar-refractivity contribution in [3.63, 3.8) is 0 Å². The van der Waals surface area contributed by atoms with Crippen LogP contribution in [0.1, 0.15) is 28.4 Å². The van der Waals surface area contributed by atoms with E-state index >= 15 is 0 Å². The third-order valence-corrected chi connectivity index (χ3v) is 4.77. The highest BCUT2D eigenvalue weighted by atomic mass is 127. The number of hydrogen-bond acceptors (Lipinski definition) is 4. The van der Waals surface area contributed by atoms with Gasteiger partial charge in [0, 0.05) is 8.59 Å². The minimum atomic E-state index is -0.527. The molecule has 0 bridgehead atoms. The molecular formula is C18H17ClINO4. The van der Waals surface area contributed by atoms with E-state index in [2.05, 4.69) is 27.9 Å². The van der Waals surface area contributed by atoms with Crippen molar-refractivity contribution in [3.05, 3.63) is 62.2 Å². The molecule has 2 aromatic rings. The molecule has 0 heterocycles. The molecule has 0 aliphatic carbocycles. The van der Waals surface area contributed by atoms with Crippen LogP contribution in [0, 0.1) is 3.57 Å². The molecule has 0 radical (unpaired) electrons. The maximum atomic E-state index is 12.6. The summed E-state index contributed by atoms with van der Waals surface area (Å²) in [5.41, 5.74) is 1.23. The lowest BCUT2D eigenvalue weighted by atomic mass is 10.0. The minimum Gasteiger partial charge on any atom is -0.497 e. The normalized spacial score (nSPS) is 11.5. The van der Waals surface area contributed by atoms with Crippen molar-refractivity contribution in [3.8, 4) is 5.75 Å². The first kappa shape index (κ1) is 19.5. The Bertz CT molecular complexity index is 764. The molecular weight excluding hydrogens is 457 g/mol. The number of benzene rings is 2. The summed E-state index contributed by atoms with van der Waals surface area (Å²) in [5, 5.41) is 3.35. The van der Waals surface area contributed by atoms with Gasteiger partial charge in [0.1, 0.15) is 5.75 Å². The third kappa shape index (κ3) is 5.34. The van der Waals surface area contributed by atoms with E-state index in [1.165, 1.54) is 7.11 Å². The van der Waals surface area contributed by atoms with Crippen LogP contribution in [0.25, 0.3) is 0 Å². The molecule has 0 saturated carbocycles. The van der Waals surface area contributed by atoms with Crippen LogP contribution < -0.4 is 10.1 Å². The third-order valence-electron chi connectivity index (χ3n) is 3.59. The molecule has 0 aromatic heterocycles. The first-order valence-electron chi connectivity index (χ1n) is 7.41. The highest BCUT2D eigenvalue weighted by molar-refractivity contribution is 14.1. The Kier molecular flexibility index (Phi) is 7.07. The van der Waals surface area contributed by atoms with Gasteiger partial charge >= 0.3 is 5.97 Å². The van der Waals surface area contributed by atoms with Crippen LogP contribution in [0.4, 0.5) is 0 Å². The van der Waals surface area contributed by atoms with E-state index in [1.807, 2.05) is 0 Å². The Morgan fingerprint density at radius 3 is 2.44 bits per heavy atom. The summed E-state index contributed by atoms with van der Waals surface area (Å²) in [5.74, 6) is -0.0326. The highest BCUT2D eigenvalue weighted by Crippen LogP contribution is 2.23. The fraction of sp³-hybridized carbons (Fsp3) is 0.222. The standard InChI is InChI=1S/C18H17ClINO4/c1-24-13-6-3-11(4-7-13)16(10-17(22)25-2)21-18(23)14-9-12(19)5-8-15(14)20/h3-9,16H,10H2,1-2H3,(H,21,23). The van der Waals surface area contributed by atoms with Gasteiger partial charge in [0.25, 0.3) is 5.91 Å². The molecule has 0 saturated heterocycles. The quantitative estimate of drug-likeness (QED) is 0.509. The molecule has 1 amide bonds. The molecule has 0 aliphatic rings. The van der Waals surface area contributed by atoms with Crippen LogP contribution >= 0.6 is 34.2 Å². The van der Waals surface area contributed by atoms with E-state index in [4.69, 9.17) is 21.1 Å². The molecule has 2 aromatic carbocycles. The van der Waals surface area contributed by atoms with Gasteiger partial charge in [-0.25, -0.2) is 0 Å². The van der Waals surface area contributed by atoms with Gasteiger partial charge in [-0.3, -0.25) is 9.59 Å². The molecule has 0 spiro atoms. The predicted octanol–water partition coefficient (Wildman–Crippen LogP) is 3.99. The number of carbonyl (C=O) groups excluding carboxylic acids is 2. The second kappa shape index (κ2) is 9.05. The summed E-state index contributed by atoms with van der Waals surface area (Å²) in [4.78, 5) is 24.4. The monoisotopic (exact) mass is 473 g/mol. The first-order chi connectivity index (χ1) is 11.9.